The van der Waals surface area contributed by atoms with Gasteiger partial charge in [-0.3, -0.25) is 0 Å². The lowest BCUT2D eigenvalue weighted by Gasteiger charge is -2.13. The van der Waals surface area contributed by atoms with Crippen molar-refractivity contribution in [3.05, 3.63) is 64.1 Å². The molecule has 0 spiro atoms. The van der Waals surface area contributed by atoms with Crippen LogP contribution >= 0.6 is 15.9 Å². The van der Waals surface area contributed by atoms with Crippen LogP contribution in [0.25, 0.3) is 0 Å². The van der Waals surface area contributed by atoms with Crippen molar-refractivity contribution >= 4 is 15.9 Å². The van der Waals surface area contributed by atoms with E-state index < -0.39 is 0 Å². The summed E-state index contributed by atoms with van der Waals surface area (Å²) in [6, 6.07) is 10.0. The standard InChI is InChI=1S/C22H27BrO4/c1-5-6-18-7-8-20(21(15-18)24-4)26-11-9-25-10-12-27-22-17(3)13-16(2)14-19(22)23/h5,7-8,13-15H,1,6,9-12H2,2-4H3. The Balaban J connectivity index is 1.70. The van der Waals surface area contributed by atoms with Gasteiger partial charge in [-0.1, -0.05) is 18.2 Å². The molecular weight excluding hydrogens is 408 g/mol. The lowest BCUT2D eigenvalue weighted by atomic mass is 10.1. The van der Waals surface area contributed by atoms with E-state index in [2.05, 4.69) is 35.5 Å². The van der Waals surface area contributed by atoms with Crippen LogP contribution in [0.5, 0.6) is 17.2 Å². The Morgan fingerprint density at radius 2 is 1.70 bits per heavy atom. The van der Waals surface area contributed by atoms with Gasteiger partial charge in [0, 0.05) is 0 Å². The fraction of sp³-hybridized carbons (Fsp3) is 0.364. The highest BCUT2D eigenvalue weighted by molar-refractivity contribution is 9.10. The van der Waals surface area contributed by atoms with E-state index in [1.807, 2.05) is 37.3 Å². The van der Waals surface area contributed by atoms with Gasteiger partial charge in [-0.25, -0.2) is 0 Å². The first kappa shape index (κ1) is 21.3. The molecule has 2 rings (SSSR count). The van der Waals surface area contributed by atoms with E-state index in [1.54, 1.807) is 7.11 Å². The Morgan fingerprint density at radius 1 is 0.963 bits per heavy atom. The zero-order valence-corrected chi connectivity index (χ0v) is 17.8. The fourth-order valence-corrected chi connectivity index (χ4v) is 3.51. The molecule has 0 amide bonds. The zero-order chi connectivity index (χ0) is 19.6. The first-order valence-corrected chi connectivity index (χ1v) is 9.72. The highest BCUT2D eigenvalue weighted by Crippen LogP contribution is 2.30. The second-order valence-corrected chi connectivity index (χ2v) is 7.03. The quantitative estimate of drug-likeness (QED) is 0.356. The minimum absolute atomic E-state index is 0.449. The average Bonchev–Trinajstić information content (AvgIpc) is 2.63. The molecule has 0 N–H and O–H groups in total. The van der Waals surface area contributed by atoms with Crippen molar-refractivity contribution in [2.24, 2.45) is 0 Å². The maximum Gasteiger partial charge on any atom is 0.161 e. The molecule has 0 aliphatic carbocycles. The molecule has 0 aliphatic heterocycles. The van der Waals surface area contributed by atoms with Crippen LogP contribution in [-0.2, 0) is 11.2 Å². The van der Waals surface area contributed by atoms with Crippen LogP contribution in [-0.4, -0.2) is 33.5 Å². The van der Waals surface area contributed by atoms with Gasteiger partial charge in [0.15, 0.2) is 11.5 Å². The van der Waals surface area contributed by atoms with Crippen LogP contribution in [0.15, 0.2) is 47.5 Å². The first-order valence-electron chi connectivity index (χ1n) is 8.93. The van der Waals surface area contributed by atoms with Gasteiger partial charge in [0.2, 0.25) is 0 Å². The number of halogens is 1. The second-order valence-electron chi connectivity index (χ2n) is 6.18. The number of benzene rings is 2. The van der Waals surface area contributed by atoms with Crippen molar-refractivity contribution in [1.82, 2.24) is 0 Å². The summed E-state index contributed by atoms with van der Waals surface area (Å²) < 4.78 is 23.5. The van der Waals surface area contributed by atoms with E-state index in [-0.39, 0.29) is 0 Å². The second kappa shape index (κ2) is 11.0. The number of methoxy groups -OCH3 is 1. The van der Waals surface area contributed by atoms with Gasteiger partial charge in [-0.15, -0.1) is 6.58 Å². The van der Waals surface area contributed by atoms with Crippen LogP contribution in [0.2, 0.25) is 0 Å². The molecule has 0 saturated heterocycles. The van der Waals surface area contributed by atoms with E-state index >= 15 is 0 Å². The molecule has 5 heteroatoms. The molecule has 146 valence electrons. The number of allylic oxidation sites excluding steroid dienone is 1. The Bertz CT molecular complexity index is 735. The highest BCUT2D eigenvalue weighted by atomic mass is 79.9. The van der Waals surface area contributed by atoms with Gasteiger partial charge in [-0.05, 0) is 71.1 Å². The molecule has 0 heterocycles. The third kappa shape index (κ3) is 6.60. The van der Waals surface area contributed by atoms with E-state index in [4.69, 9.17) is 18.9 Å². The van der Waals surface area contributed by atoms with Crippen molar-refractivity contribution in [3.63, 3.8) is 0 Å². The highest BCUT2D eigenvalue weighted by Gasteiger charge is 2.07. The van der Waals surface area contributed by atoms with Crippen molar-refractivity contribution in [1.29, 1.82) is 0 Å². The number of ether oxygens (including phenoxy) is 4. The van der Waals surface area contributed by atoms with Crippen LogP contribution < -0.4 is 14.2 Å². The predicted molar refractivity (Wildman–Crippen MR) is 112 cm³/mol. The molecule has 0 aromatic heterocycles. The van der Waals surface area contributed by atoms with Crippen molar-refractivity contribution in [2.75, 3.05) is 33.5 Å². The molecule has 0 saturated carbocycles. The third-order valence-electron chi connectivity index (χ3n) is 3.94. The summed E-state index contributed by atoms with van der Waals surface area (Å²) in [7, 11) is 1.64. The molecule has 2 aromatic carbocycles. The molecule has 4 nitrogen and oxygen atoms in total. The molecule has 0 bridgehead atoms. The Kier molecular flexibility index (Phi) is 8.69. The van der Waals surface area contributed by atoms with Gasteiger partial charge >= 0.3 is 0 Å². The van der Waals surface area contributed by atoms with E-state index in [0.717, 1.165) is 33.5 Å². The fourth-order valence-electron chi connectivity index (χ4n) is 2.73. The molecule has 0 atom stereocenters. The van der Waals surface area contributed by atoms with Gasteiger partial charge in [-0.2, -0.15) is 0 Å². The molecule has 2 aromatic rings. The smallest absolute Gasteiger partial charge is 0.161 e. The van der Waals surface area contributed by atoms with Crippen molar-refractivity contribution in [3.8, 4) is 17.2 Å². The van der Waals surface area contributed by atoms with Crippen LogP contribution in [0, 0.1) is 13.8 Å². The summed E-state index contributed by atoms with van der Waals surface area (Å²) in [4.78, 5) is 0. The molecule has 0 fully saturated rings. The van der Waals surface area contributed by atoms with Gasteiger partial charge in [0.1, 0.15) is 19.0 Å². The molecule has 0 aliphatic rings. The van der Waals surface area contributed by atoms with Gasteiger partial charge in [0.05, 0.1) is 24.8 Å². The van der Waals surface area contributed by atoms with E-state index in [9.17, 15) is 0 Å². The van der Waals surface area contributed by atoms with E-state index in [0.29, 0.717) is 32.2 Å². The van der Waals surface area contributed by atoms with Crippen molar-refractivity contribution < 1.29 is 18.9 Å². The minimum Gasteiger partial charge on any atom is -0.493 e. The maximum atomic E-state index is 5.82. The largest absolute Gasteiger partial charge is 0.493 e. The lowest BCUT2D eigenvalue weighted by molar-refractivity contribution is 0.0754. The van der Waals surface area contributed by atoms with Crippen LogP contribution in [0.3, 0.4) is 0 Å². The van der Waals surface area contributed by atoms with Crippen LogP contribution in [0.1, 0.15) is 16.7 Å². The Hall–Kier alpha value is -1.98. The molecule has 0 unspecified atom stereocenters. The summed E-state index contributed by atoms with van der Waals surface area (Å²) in [6.07, 6.45) is 2.66. The topological polar surface area (TPSA) is 36.9 Å². The number of hydrogen-bond acceptors (Lipinski definition) is 4. The maximum absolute atomic E-state index is 5.82. The molecule has 27 heavy (non-hydrogen) atoms. The predicted octanol–water partition coefficient (Wildman–Crippen LogP) is 5.28. The molecular formula is C22H27BrO4. The Labute approximate surface area is 170 Å². The van der Waals surface area contributed by atoms with E-state index in [1.165, 1.54) is 5.56 Å². The third-order valence-corrected chi connectivity index (χ3v) is 4.53. The average molecular weight is 435 g/mol. The first-order chi connectivity index (χ1) is 13.0. The summed E-state index contributed by atoms with van der Waals surface area (Å²) in [6.45, 7) is 9.77. The normalized spacial score (nSPS) is 10.5. The SMILES string of the molecule is C=CCc1ccc(OCCOCCOc2c(C)cc(C)cc2Br)c(OC)c1. The number of rotatable bonds is 11. The monoisotopic (exact) mass is 434 g/mol. The summed E-state index contributed by atoms with van der Waals surface area (Å²) in [5.74, 6) is 2.30. The zero-order valence-electron chi connectivity index (χ0n) is 16.2. The number of aryl methyl sites for hydroxylation is 2. The van der Waals surface area contributed by atoms with Gasteiger partial charge in [0.25, 0.3) is 0 Å². The van der Waals surface area contributed by atoms with Gasteiger partial charge < -0.3 is 18.9 Å². The minimum atomic E-state index is 0.449. The molecule has 0 radical (unpaired) electrons. The van der Waals surface area contributed by atoms with Crippen molar-refractivity contribution in [2.45, 2.75) is 20.3 Å². The lowest BCUT2D eigenvalue weighted by Crippen LogP contribution is -2.13. The number of hydrogen-bond donors (Lipinski definition) is 0. The summed E-state index contributed by atoms with van der Waals surface area (Å²) in [5, 5.41) is 0. The summed E-state index contributed by atoms with van der Waals surface area (Å²) >= 11 is 3.54. The summed E-state index contributed by atoms with van der Waals surface area (Å²) in [5.41, 5.74) is 3.45. The van der Waals surface area contributed by atoms with Crippen LogP contribution in [0.4, 0.5) is 0 Å². The Morgan fingerprint density at radius 3 is 2.37 bits per heavy atom.